The van der Waals surface area contributed by atoms with Gasteiger partial charge in [-0.2, -0.15) is 0 Å². The van der Waals surface area contributed by atoms with Crippen molar-refractivity contribution in [1.82, 2.24) is 10.2 Å². The second-order valence-electron chi connectivity index (χ2n) is 7.40. The van der Waals surface area contributed by atoms with Crippen LogP contribution in [0, 0.1) is 0 Å². The van der Waals surface area contributed by atoms with E-state index in [4.69, 9.17) is 4.74 Å². The van der Waals surface area contributed by atoms with Crippen LogP contribution >= 0.6 is 0 Å². The maximum absolute atomic E-state index is 12.5. The number of nitrogens with zero attached hydrogens (tertiary/aromatic N) is 1. The molecule has 0 spiro atoms. The van der Waals surface area contributed by atoms with Gasteiger partial charge in [0.15, 0.2) is 0 Å². The normalized spacial score (nSPS) is 14.2. The van der Waals surface area contributed by atoms with Crippen molar-refractivity contribution >= 4 is 18.0 Å². The Kier molecular flexibility index (Phi) is 6.40. The van der Waals surface area contributed by atoms with Crippen LogP contribution in [0.15, 0.2) is 48.5 Å². The van der Waals surface area contributed by atoms with Gasteiger partial charge in [0.05, 0.1) is 0 Å². The monoisotopic (exact) mass is 410 g/mol. The van der Waals surface area contributed by atoms with Gasteiger partial charge in [0.2, 0.25) is 5.91 Å². The smallest absolute Gasteiger partial charge is 0.407 e. The largest absolute Gasteiger partial charge is 0.480 e. The Hall–Kier alpha value is -3.35. The number of hydrogen-bond acceptors (Lipinski definition) is 4. The van der Waals surface area contributed by atoms with Crippen molar-refractivity contribution in [2.45, 2.75) is 38.3 Å². The van der Waals surface area contributed by atoms with E-state index in [-0.39, 0.29) is 18.9 Å². The highest BCUT2D eigenvalue weighted by molar-refractivity contribution is 5.88. The predicted molar refractivity (Wildman–Crippen MR) is 112 cm³/mol. The predicted octanol–water partition coefficient (Wildman–Crippen LogP) is 3.24. The Morgan fingerprint density at radius 2 is 1.60 bits per heavy atom. The fraction of sp³-hybridized carbons (Fsp3) is 0.348. The zero-order valence-corrected chi connectivity index (χ0v) is 17.3. The molecule has 158 valence electrons. The van der Waals surface area contributed by atoms with Crippen molar-refractivity contribution < 1.29 is 24.2 Å². The summed E-state index contributed by atoms with van der Waals surface area (Å²) in [6.45, 7) is 3.34. The van der Waals surface area contributed by atoms with E-state index >= 15 is 0 Å². The molecule has 2 N–H and O–H groups in total. The summed E-state index contributed by atoms with van der Waals surface area (Å²) in [5.41, 5.74) is 4.46. The van der Waals surface area contributed by atoms with Crippen LogP contribution in [0.2, 0.25) is 0 Å². The zero-order chi connectivity index (χ0) is 21.8. The molecule has 7 nitrogen and oxygen atoms in total. The highest BCUT2D eigenvalue weighted by Crippen LogP contribution is 2.44. The maximum Gasteiger partial charge on any atom is 0.407 e. The lowest BCUT2D eigenvalue weighted by Crippen LogP contribution is -2.51. The van der Waals surface area contributed by atoms with Crippen LogP contribution in [0.5, 0.6) is 0 Å². The first-order valence-corrected chi connectivity index (χ1v) is 9.96. The van der Waals surface area contributed by atoms with Gasteiger partial charge in [0, 0.05) is 13.0 Å². The number of carbonyl (C=O) groups is 3. The third kappa shape index (κ3) is 4.15. The molecule has 2 atom stereocenters. The molecular formula is C23H26N2O5. The van der Waals surface area contributed by atoms with E-state index in [1.54, 1.807) is 6.92 Å². The average Bonchev–Trinajstić information content (AvgIpc) is 3.05. The minimum Gasteiger partial charge on any atom is -0.480 e. The molecule has 1 aliphatic carbocycles. The lowest BCUT2D eigenvalue weighted by molar-refractivity contribution is -0.149. The Balaban J connectivity index is 1.62. The highest BCUT2D eigenvalue weighted by atomic mass is 16.5. The van der Waals surface area contributed by atoms with Gasteiger partial charge in [-0.15, -0.1) is 0 Å². The number of carbonyl (C=O) groups excluding carboxylic acids is 2. The molecule has 30 heavy (non-hydrogen) atoms. The van der Waals surface area contributed by atoms with Crippen LogP contribution in [0.4, 0.5) is 4.79 Å². The molecule has 0 saturated carbocycles. The summed E-state index contributed by atoms with van der Waals surface area (Å²) in [5, 5.41) is 11.7. The summed E-state index contributed by atoms with van der Waals surface area (Å²) >= 11 is 0. The molecule has 7 heteroatoms. The first kappa shape index (κ1) is 21.4. The van der Waals surface area contributed by atoms with E-state index in [9.17, 15) is 19.5 Å². The van der Waals surface area contributed by atoms with Gasteiger partial charge in [-0.25, -0.2) is 9.59 Å². The van der Waals surface area contributed by atoms with Crippen molar-refractivity contribution in [3.63, 3.8) is 0 Å². The Morgan fingerprint density at radius 1 is 1.07 bits per heavy atom. The van der Waals surface area contributed by atoms with Gasteiger partial charge in [0.1, 0.15) is 18.7 Å². The minimum atomic E-state index is -1.08. The summed E-state index contributed by atoms with van der Waals surface area (Å²) in [7, 11) is 1.42. The van der Waals surface area contributed by atoms with E-state index in [1.165, 1.54) is 14.0 Å². The molecule has 2 aromatic carbocycles. The van der Waals surface area contributed by atoms with Crippen LogP contribution in [-0.4, -0.2) is 53.7 Å². The molecule has 3 rings (SSSR count). The van der Waals surface area contributed by atoms with E-state index in [2.05, 4.69) is 17.4 Å². The van der Waals surface area contributed by atoms with Gasteiger partial charge in [0.25, 0.3) is 0 Å². The summed E-state index contributed by atoms with van der Waals surface area (Å²) in [6, 6.07) is 14.2. The number of hydrogen-bond donors (Lipinski definition) is 2. The van der Waals surface area contributed by atoms with E-state index in [0.29, 0.717) is 0 Å². The van der Waals surface area contributed by atoms with Crippen LogP contribution in [0.25, 0.3) is 11.1 Å². The van der Waals surface area contributed by atoms with Crippen LogP contribution in [-0.2, 0) is 14.3 Å². The molecular weight excluding hydrogens is 384 g/mol. The molecule has 0 bridgehead atoms. The zero-order valence-electron chi connectivity index (χ0n) is 17.3. The van der Waals surface area contributed by atoms with Gasteiger partial charge in [-0.05, 0) is 35.6 Å². The average molecular weight is 410 g/mol. The summed E-state index contributed by atoms with van der Waals surface area (Å²) in [5.74, 6) is -1.65. The molecule has 0 radical (unpaired) electrons. The van der Waals surface area contributed by atoms with E-state index < -0.39 is 30.1 Å². The molecule has 0 saturated heterocycles. The standard InChI is InChI=1S/C23H26N2O5/c1-4-20(22(27)28)25(3)21(26)14(2)24-23(29)30-13-19-17-11-7-5-9-15(17)16-10-6-8-12-18(16)19/h5-12,14,19-20H,4,13H2,1-3H3,(H,24,29)(H,27,28). The quantitative estimate of drug-likeness (QED) is 0.731. The number of rotatable bonds is 7. The number of likely N-dealkylation sites (N-methyl/N-ethyl adjacent to an activating group) is 1. The number of nitrogens with one attached hydrogen (secondary N) is 1. The van der Waals surface area contributed by atoms with Crippen molar-refractivity contribution in [1.29, 1.82) is 0 Å². The number of aliphatic carboxylic acids is 1. The third-order valence-electron chi connectivity index (χ3n) is 5.54. The first-order valence-electron chi connectivity index (χ1n) is 9.96. The SMILES string of the molecule is CCC(C(=O)O)N(C)C(=O)C(C)NC(=O)OCC1c2ccccc2-c2ccccc21. The molecule has 0 aliphatic heterocycles. The topological polar surface area (TPSA) is 95.9 Å². The fourth-order valence-corrected chi connectivity index (χ4v) is 3.95. The van der Waals surface area contributed by atoms with Gasteiger partial charge < -0.3 is 20.1 Å². The van der Waals surface area contributed by atoms with Crippen molar-refractivity contribution in [2.24, 2.45) is 0 Å². The van der Waals surface area contributed by atoms with Gasteiger partial charge in [-0.3, -0.25) is 4.79 Å². The van der Waals surface area contributed by atoms with Crippen LogP contribution in [0.3, 0.4) is 0 Å². The number of carboxylic acid groups (broad SMARTS) is 1. The molecule has 2 unspecified atom stereocenters. The third-order valence-corrected chi connectivity index (χ3v) is 5.54. The molecule has 1 aliphatic rings. The van der Waals surface area contributed by atoms with E-state index in [0.717, 1.165) is 27.2 Å². The second-order valence-corrected chi connectivity index (χ2v) is 7.40. The molecule has 2 aromatic rings. The number of alkyl carbamates (subject to hydrolysis) is 1. The van der Waals surface area contributed by atoms with E-state index in [1.807, 2.05) is 36.4 Å². The van der Waals surface area contributed by atoms with Crippen molar-refractivity contribution in [3.8, 4) is 11.1 Å². The Morgan fingerprint density at radius 3 is 2.10 bits per heavy atom. The molecule has 0 aromatic heterocycles. The number of carboxylic acids is 1. The number of benzene rings is 2. The second kappa shape index (κ2) is 8.98. The lowest BCUT2D eigenvalue weighted by Gasteiger charge is -2.27. The summed E-state index contributed by atoms with van der Waals surface area (Å²) in [4.78, 5) is 37.2. The first-order chi connectivity index (χ1) is 14.3. The van der Waals surface area contributed by atoms with Crippen molar-refractivity contribution in [3.05, 3.63) is 59.7 Å². The Bertz CT molecular complexity index is 913. The maximum atomic E-state index is 12.5. The minimum absolute atomic E-state index is 0.0756. The Labute approximate surface area is 175 Å². The summed E-state index contributed by atoms with van der Waals surface area (Å²) in [6.07, 6.45) is -0.440. The van der Waals surface area contributed by atoms with Crippen LogP contribution in [0.1, 0.15) is 37.3 Å². The van der Waals surface area contributed by atoms with Gasteiger partial charge in [-0.1, -0.05) is 55.5 Å². The molecule has 0 fully saturated rings. The van der Waals surface area contributed by atoms with Gasteiger partial charge >= 0.3 is 12.1 Å². The van der Waals surface area contributed by atoms with Crippen LogP contribution < -0.4 is 5.32 Å². The fourth-order valence-electron chi connectivity index (χ4n) is 3.95. The van der Waals surface area contributed by atoms with Crippen molar-refractivity contribution in [2.75, 3.05) is 13.7 Å². The number of amides is 2. The number of ether oxygens (including phenoxy) is 1. The lowest BCUT2D eigenvalue weighted by atomic mass is 9.98. The summed E-state index contributed by atoms with van der Waals surface area (Å²) < 4.78 is 5.44. The molecule has 2 amide bonds. The highest BCUT2D eigenvalue weighted by Gasteiger charge is 2.31. The molecule has 0 heterocycles. The number of fused-ring (bicyclic) bond motifs is 3.